The van der Waals surface area contributed by atoms with Gasteiger partial charge in [0, 0.05) is 44.9 Å². The number of carbonyl (C=O) groups excluding carboxylic acids is 2. The molecule has 0 spiro atoms. The van der Waals surface area contributed by atoms with Gasteiger partial charge in [0.15, 0.2) is 5.78 Å². The lowest BCUT2D eigenvalue weighted by molar-refractivity contribution is -0.139. The highest BCUT2D eigenvalue weighted by atomic mass is 16.5. The molecule has 10 nitrogen and oxygen atoms in total. The number of aryl methyl sites for hydroxylation is 2. The van der Waals surface area contributed by atoms with Gasteiger partial charge in [-0.2, -0.15) is 0 Å². The van der Waals surface area contributed by atoms with Crippen LogP contribution in [-0.2, 0) is 29.5 Å². The first-order chi connectivity index (χ1) is 20.0. The average Bonchev–Trinajstić information content (AvgIpc) is 3.76. The lowest BCUT2D eigenvalue weighted by Crippen LogP contribution is -2.48. The minimum absolute atomic E-state index is 0.00000781. The Balaban J connectivity index is 1.16. The number of methoxy groups -OCH3 is 1. The van der Waals surface area contributed by atoms with Gasteiger partial charge in [-0.15, -0.1) is 5.10 Å². The standard InChI is InChI=1S/C31H35N7O3/c1-37-27-10-6-21(15-25(27)35-36-37)7-11-29(39)28-16-22(14-20-4-8-24(41-2)9-5-20)19-38(28)31(40)26-17-23(18-34-26)30-32-12-3-13-33-30/h3-6,8-10,12-13,15,22-23,26,28,34H,7,11,14,16-19H2,1-2H3/t22-,23-,26-,28+/m1/s1. The van der Waals surface area contributed by atoms with Crippen molar-refractivity contribution in [2.45, 2.75) is 50.1 Å². The summed E-state index contributed by atoms with van der Waals surface area (Å²) in [5.41, 5.74) is 3.99. The molecule has 0 radical (unpaired) electrons. The van der Waals surface area contributed by atoms with Gasteiger partial charge >= 0.3 is 0 Å². The lowest BCUT2D eigenvalue weighted by atomic mass is 9.94. The van der Waals surface area contributed by atoms with Crippen LogP contribution in [0.4, 0.5) is 0 Å². The molecule has 6 rings (SSSR count). The molecular weight excluding hydrogens is 518 g/mol. The Morgan fingerprint density at radius 3 is 2.61 bits per heavy atom. The van der Waals surface area contributed by atoms with Crippen LogP contribution in [0.3, 0.4) is 0 Å². The molecule has 2 aliphatic heterocycles. The van der Waals surface area contributed by atoms with Crippen molar-refractivity contribution in [1.29, 1.82) is 0 Å². The second-order valence-electron chi connectivity index (χ2n) is 11.2. The van der Waals surface area contributed by atoms with Crippen molar-refractivity contribution in [3.05, 3.63) is 77.9 Å². The lowest BCUT2D eigenvalue weighted by Gasteiger charge is -2.27. The molecule has 41 heavy (non-hydrogen) atoms. The molecule has 4 aromatic rings. The fraction of sp³-hybridized carbons (Fsp3) is 0.419. The number of rotatable bonds is 9. The van der Waals surface area contributed by atoms with Crippen LogP contribution in [-0.4, -0.2) is 73.8 Å². The predicted octanol–water partition coefficient (Wildman–Crippen LogP) is 2.87. The number of ether oxygens (including phenoxy) is 1. The van der Waals surface area contributed by atoms with Crippen molar-refractivity contribution in [2.24, 2.45) is 13.0 Å². The molecule has 1 amide bonds. The van der Waals surface area contributed by atoms with Gasteiger partial charge in [0.05, 0.1) is 24.7 Å². The van der Waals surface area contributed by atoms with Crippen molar-refractivity contribution >= 4 is 22.7 Å². The van der Waals surface area contributed by atoms with Crippen LogP contribution in [0.15, 0.2) is 60.9 Å². The van der Waals surface area contributed by atoms with E-state index in [1.54, 1.807) is 30.3 Å². The Morgan fingerprint density at radius 1 is 1.05 bits per heavy atom. The van der Waals surface area contributed by atoms with E-state index in [2.05, 4.69) is 37.7 Å². The Labute approximate surface area is 239 Å². The summed E-state index contributed by atoms with van der Waals surface area (Å²) < 4.78 is 7.04. The summed E-state index contributed by atoms with van der Waals surface area (Å²) in [6.07, 6.45) is 6.53. The summed E-state index contributed by atoms with van der Waals surface area (Å²) in [6, 6.07) is 15.1. The molecular formula is C31H35N7O3. The van der Waals surface area contributed by atoms with Crippen LogP contribution in [0.5, 0.6) is 5.75 Å². The number of carbonyl (C=O) groups is 2. The third kappa shape index (κ3) is 5.83. The van der Waals surface area contributed by atoms with Crippen LogP contribution < -0.4 is 10.1 Å². The first kappa shape index (κ1) is 27.0. The molecule has 1 N–H and O–H groups in total. The van der Waals surface area contributed by atoms with Crippen LogP contribution in [0.2, 0.25) is 0 Å². The summed E-state index contributed by atoms with van der Waals surface area (Å²) in [6.45, 7) is 1.21. The fourth-order valence-electron chi connectivity index (χ4n) is 6.23. The third-order valence-electron chi connectivity index (χ3n) is 8.44. The first-order valence-corrected chi connectivity index (χ1v) is 14.2. The van der Waals surface area contributed by atoms with E-state index >= 15 is 0 Å². The molecule has 0 saturated carbocycles. The van der Waals surface area contributed by atoms with Gasteiger partial charge in [0.25, 0.3) is 0 Å². The number of nitrogens with zero attached hydrogens (tertiary/aromatic N) is 6. The molecule has 2 aromatic heterocycles. The summed E-state index contributed by atoms with van der Waals surface area (Å²) in [7, 11) is 3.52. The minimum atomic E-state index is -0.431. The second-order valence-corrected chi connectivity index (χ2v) is 11.2. The van der Waals surface area contributed by atoms with E-state index in [1.807, 2.05) is 42.3 Å². The predicted molar refractivity (Wildman–Crippen MR) is 153 cm³/mol. The van der Waals surface area contributed by atoms with Gasteiger partial charge in [0.2, 0.25) is 5.91 Å². The normalized spacial score (nSPS) is 22.3. The number of nitrogens with one attached hydrogen (secondary N) is 1. The topological polar surface area (TPSA) is 115 Å². The summed E-state index contributed by atoms with van der Waals surface area (Å²) in [5, 5.41) is 11.7. The third-order valence-corrected chi connectivity index (χ3v) is 8.44. The molecule has 2 saturated heterocycles. The molecule has 10 heteroatoms. The molecule has 0 aliphatic carbocycles. The number of Topliss-reactive ketones (excluding diaryl/α,β-unsaturated/α-hetero) is 1. The number of hydrogen-bond donors (Lipinski definition) is 1. The SMILES string of the molecule is COc1ccc(C[C@@H]2C[C@@H](C(=O)CCc3ccc4c(c3)nnn4C)N(C(=O)[C@H]3C[C@@H](c4ncccn4)CN3)C2)cc1. The van der Waals surface area contributed by atoms with Crippen LogP contribution in [0.25, 0.3) is 11.0 Å². The van der Waals surface area contributed by atoms with Crippen LogP contribution in [0, 0.1) is 5.92 Å². The Morgan fingerprint density at radius 2 is 1.83 bits per heavy atom. The molecule has 2 aliphatic rings. The smallest absolute Gasteiger partial charge is 0.240 e. The number of ketones is 1. The maximum absolute atomic E-state index is 13.9. The highest BCUT2D eigenvalue weighted by Crippen LogP contribution is 2.32. The van der Waals surface area contributed by atoms with Crippen LogP contribution >= 0.6 is 0 Å². The van der Waals surface area contributed by atoms with Gasteiger partial charge in [-0.1, -0.05) is 23.4 Å². The van der Waals surface area contributed by atoms with E-state index in [4.69, 9.17) is 4.74 Å². The van der Waals surface area contributed by atoms with Gasteiger partial charge in [-0.3, -0.25) is 9.59 Å². The summed E-state index contributed by atoms with van der Waals surface area (Å²) in [5.74, 6) is 1.95. The molecule has 4 heterocycles. The second kappa shape index (κ2) is 11.7. The van der Waals surface area contributed by atoms with E-state index in [-0.39, 0.29) is 29.6 Å². The van der Waals surface area contributed by atoms with Gasteiger partial charge in [-0.05, 0) is 73.1 Å². The maximum atomic E-state index is 13.9. The number of aromatic nitrogens is 5. The number of likely N-dealkylation sites (tertiary alicyclic amines) is 1. The van der Waals surface area contributed by atoms with E-state index in [9.17, 15) is 9.59 Å². The first-order valence-electron chi connectivity index (χ1n) is 14.2. The molecule has 0 bridgehead atoms. The summed E-state index contributed by atoms with van der Waals surface area (Å²) in [4.78, 5) is 38.2. The molecule has 212 valence electrons. The fourth-order valence-corrected chi connectivity index (χ4v) is 6.23. The molecule has 4 atom stereocenters. The number of fused-ring (bicyclic) bond motifs is 1. The van der Waals surface area contributed by atoms with Crippen molar-refractivity contribution in [3.63, 3.8) is 0 Å². The molecule has 2 fully saturated rings. The van der Waals surface area contributed by atoms with Crippen molar-refractivity contribution in [2.75, 3.05) is 20.2 Å². The van der Waals surface area contributed by atoms with Crippen molar-refractivity contribution in [3.8, 4) is 5.75 Å². The van der Waals surface area contributed by atoms with E-state index in [0.29, 0.717) is 38.8 Å². The van der Waals surface area contributed by atoms with E-state index < -0.39 is 6.04 Å². The Hall–Kier alpha value is -4.18. The molecule has 2 aromatic carbocycles. The zero-order valence-electron chi connectivity index (χ0n) is 23.4. The van der Waals surface area contributed by atoms with E-state index in [0.717, 1.165) is 34.6 Å². The Bertz CT molecular complexity index is 1520. The largest absolute Gasteiger partial charge is 0.497 e. The Kier molecular flexibility index (Phi) is 7.74. The van der Waals surface area contributed by atoms with Gasteiger partial charge in [0.1, 0.15) is 17.1 Å². The number of hydrogen-bond acceptors (Lipinski definition) is 8. The van der Waals surface area contributed by atoms with Gasteiger partial charge < -0.3 is 15.0 Å². The highest BCUT2D eigenvalue weighted by Gasteiger charge is 2.43. The zero-order chi connectivity index (χ0) is 28.3. The quantitative estimate of drug-likeness (QED) is 0.337. The average molecular weight is 554 g/mol. The monoisotopic (exact) mass is 553 g/mol. The zero-order valence-corrected chi connectivity index (χ0v) is 23.4. The van der Waals surface area contributed by atoms with Crippen molar-refractivity contribution in [1.82, 2.24) is 35.2 Å². The number of benzene rings is 2. The van der Waals surface area contributed by atoms with Gasteiger partial charge in [-0.25, -0.2) is 14.6 Å². The summed E-state index contributed by atoms with van der Waals surface area (Å²) >= 11 is 0. The van der Waals surface area contributed by atoms with Crippen molar-refractivity contribution < 1.29 is 14.3 Å². The van der Waals surface area contributed by atoms with E-state index in [1.165, 1.54) is 5.56 Å². The molecule has 0 unspecified atom stereocenters. The maximum Gasteiger partial charge on any atom is 0.240 e. The minimum Gasteiger partial charge on any atom is -0.497 e. The number of amides is 1. The highest BCUT2D eigenvalue weighted by molar-refractivity contribution is 5.92. The van der Waals surface area contributed by atoms with Crippen LogP contribution in [0.1, 0.15) is 42.1 Å².